The summed E-state index contributed by atoms with van der Waals surface area (Å²) >= 11 is 0. The molecule has 4 nitrogen and oxygen atoms in total. The van der Waals surface area contributed by atoms with E-state index in [1.54, 1.807) is 0 Å². The molecule has 0 aliphatic heterocycles. The molecular formula is C8H13F3O4S. The summed E-state index contributed by atoms with van der Waals surface area (Å²) in [6, 6.07) is -2.46. The zero-order chi connectivity index (χ0) is 12.6. The van der Waals surface area contributed by atoms with Crippen LogP contribution in [0.1, 0.15) is 32.6 Å². The third kappa shape index (κ3) is 7.52. The van der Waals surface area contributed by atoms with E-state index >= 15 is 0 Å². The molecule has 0 heterocycles. The molecule has 0 aromatic carbocycles. The minimum absolute atomic E-state index is 0.219. The first-order valence-electron chi connectivity index (χ1n) is 4.68. The second-order valence-corrected chi connectivity index (χ2v) is 4.13. The summed E-state index contributed by atoms with van der Waals surface area (Å²) in [4.78, 5) is 0. The average Bonchev–Trinajstić information content (AvgIpc) is 2.16. The summed E-state index contributed by atoms with van der Waals surface area (Å²) in [6.07, 6.45) is 0.172. The Hall–Kier alpha value is -0.760. The van der Waals surface area contributed by atoms with Crippen LogP contribution in [0.25, 0.3) is 0 Å². The van der Waals surface area contributed by atoms with E-state index in [4.69, 9.17) is 0 Å². The standard InChI is InChI=1S/C8H13F3O4S/c1-2-3-4-5-6-14-16(12,13)15-8(11)7(9)10/h2-6H2,1H3. The van der Waals surface area contributed by atoms with E-state index in [1.807, 2.05) is 6.92 Å². The Morgan fingerprint density at radius 2 is 1.75 bits per heavy atom. The Morgan fingerprint density at radius 1 is 1.12 bits per heavy atom. The lowest BCUT2D eigenvalue weighted by atomic mass is 10.2. The van der Waals surface area contributed by atoms with Gasteiger partial charge in [-0.25, -0.2) is 4.18 Å². The lowest BCUT2D eigenvalue weighted by Gasteiger charge is -2.04. The van der Waals surface area contributed by atoms with Crippen molar-refractivity contribution in [3.8, 4) is 0 Å². The quantitative estimate of drug-likeness (QED) is 0.498. The molecule has 0 saturated carbocycles. The second-order valence-electron chi connectivity index (χ2n) is 2.91. The van der Waals surface area contributed by atoms with Crippen LogP contribution in [0.15, 0.2) is 12.1 Å². The topological polar surface area (TPSA) is 52.6 Å². The van der Waals surface area contributed by atoms with Crippen LogP contribution in [-0.4, -0.2) is 15.0 Å². The van der Waals surface area contributed by atoms with Crippen LogP contribution in [0.4, 0.5) is 13.2 Å². The van der Waals surface area contributed by atoms with Crippen molar-refractivity contribution in [2.45, 2.75) is 32.6 Å². The van der Waals surface area contributed by atoms with Crippen LogP contribution < -0.4 is 0 Å². The lowest BCUT2D eigenvalue weighted by molar-refractivity contribution is 0.190. The molecule has 0 unspecified atom stereocenters. The van der Waals surface area contributed by atoms with Gasteiger partial charge in [0, 0.05) is 0 Å². The Morgan fingerprint density at radius 3 is 2.25 bits per heavy atom. The number of hydrogen-bond donors (Lipinski definition) is 0. The van der Waals surface area contributed by atoms with Gasteiger partial charge < -0.3 is 4.18 Å². The molecule has 0 radical (unpaired) electrons. The van der Waals surface area contributed by atoms with Crippen molar-refractivity contribution in [2.75, 3.05) is 6.61 Å². The summed E-state index contributed by atoms with van der Waals surface area (Å²) in [7, 11) is -4.73. The van der Waals surface area contributed by atoms with Gasteiger partial charge in [-0.2, -0.15) is 21.6 Å². The van der Waals surface area contributed by atoms with Crippen LogP contribution >= 0.6 is 0 Å². The van der Waals surface area contributed by atoms with Gasteiger partial charge in [0.1, 0.15) is 0 Å². The normalized spacial score (nSPS) is 11.2. The van der Waals surface area contributed by atoms with Gasteiger partial charge in [0.25, 0.3) is 0 Å². The van der Waals surface area contributed by atoms with Crippen molar-refractivity contribution < 1.29 is 30.0 Å². The SMILES string of the molecule is CCCCCCOS(=O)(=O)OC(F)=C(F)F. The monoisotopic (exact) mass is 262 g/mol. The molecule has 0 atom stereocenters. The van der Waals surface area contributed by atoms with Gasteiger partial charge in [-0.15, -0.1) is 0 Å². The van der Waals surface area contributed by atoms with Crippen LogP contribution in [0, 0.1) is 0 Å². The van der Waals surface area contributed by atoms with Crippen LogP contribution in [0.2, 0.25) is 0 Å². The summed E-state index contributed by atoms with van der Waals surface area (Å²) in [5.74, 6) is 0. The van der Waals surface area contributed by atoms with Gasteiger partial charge in [-0.3, -0.25) is 0 Å². The molecule has 0 spiro atoms. The van der Waals surface area contributed by atoms with E-state index in [0.717, 1.165) is 19.3 Å². The van der Waals surface area contributed by atoms with E-state index in [9.17, 15) is 21.6 Å². The molecule has 0 rings (SSSR count). The highest BCUT2D eigenvalue weighted by atomic mass is 32.3. The molecule has 0 bridgehead atoms. The average molecular weight is 262 g/mol. The smallest absolute Gasteiger partial charge is 0.326 e. The van der Waals surface area contributed by atoms with E-state index in [-0.39, 0.29) is 6.61 Å². The van der Waals surface area contributed by atoms with Gasteiger partial charge in [0.05, 0.1) is 6.61 Å². The third-order valence-electron chi connectivity index (χ3n) is 1.55. The predicted molar refractivity (Wildman–Crippen MR) is 50.4 cm³/mol. The molecule has 0 aromatic heterocycles. The maximum absolute atomic E-state index is 12.1. The molecule has 0 N–H and O–H groups in total. The first kappa shape index (κ1) is 15.2. The van der Waals surface area contributed by atoms with Crippen LogP contribution in [0.5, 0.6) is 0 Å². The molecule has 0 aliphatic rings. The van der Waals surface area contributed by atoms with Crippen LogP contribution in [0.3, 0.4) is 0 Å². The highest BCUT2D eigenvalue weighted by molar-refractivity contribution is 7.82. The Kier molecular flexibility index (Phi) is 7.15. The predicted octanol–water partition coefficient (Wildman–Crippen LogP) is 2.88. The number of rotatable bonds is 8. The van der Waals surface area contributed by atoms with Gasteiger partial charge in [-0.1, -0.05) is 26.2 Å². The molecule has 8 heteroatoms. The maximum Gasteiger partial charge on any atom is 0.451 e. The van der Waals surface area contributed by atoms with Crippen LogP contribution in [-0.2, 0) is 18.8 Å². The van der Waals surface area contributed by atoms with Crippen molar-refractivity contribution >= 4 is 10.4 Å². The number of halogens is 3. The fourth-order valence-electron chi connectivity index (χ4n) is 0.835. The zero-order valence-corrected chi connectivity index (χ0v) is 9.53. The van der Waals surface area contributed by atoms with Crippen molar-refractivity contribution in [1.29, 1.82) is 0 Å². The van der Waals surface area contributed by atoms with E-state index in [0.29, 0.717) is 6.42 Å². The fourth-order valence-corrected chi connectivity index (χ4v) is 1.45. The zero-order valence-electron chi connectivity index (χ0n) is 8.71. The largest absolute Gasteiger partial charge is 0.451 e. The minimum Gasteiger partial charge on any atom is -0.326 e. The third-order valence-corrected chi connectivity index (χ3v) is 2.36. The molecular weight excluding hydrogens is 249 g/mol. The van der Waals surface area contributed by atoms with E-state index < -0.39 is 22.5 Å². The highest BCUT2D eigenvalue weighted by Gasteiger charge is 2.19. The molecule has 96 valence electrons. The first-order chi connectivity index (χ1) is 7.39. The van der Waals surface area contributed by atoms with Crippen molar-refractivity contribution in [1.82, 2.24) is 0 Å². The molecule has 16 heavy (non-hydrogen) atoms. The highest BCUT2D eigenvalue weighted by Crippen LogP contribution is 2.14. The molecule has 0 saturated heterocycles. The molecule has 0 amide bonds. The molecule has 0 aliphatic carbocycles. The Labute approximate surface area is 92.4 Å². The summed E-state index contributed by atoms with van der Waals surface area (Å²) in [5.41, 5.74) is 0. The summed E-state index contributed by atoms with van der Waals surface area (Å²) in [5, 5.41) is 0. The van der Waals surface area contributed by atoms with Gasteiger partial charge in [0.15, 0.2) is 0 Å². The summed E-state index contributed by atoms with van der Waals surface area (Å²) < 4.78 is 64.0. The molecule has 0 aromatic rings. The van der Waals surface area contributed by atoms with Crippen molar-refractivity contribution in [2.24, 2.45) is 0 Å². The van der Waals surface area contributed by atoms with E-state index in [1.165, 1.54) is 0 Å². The van der Waals surface area contributed by atoms with Crippen molar-refractivity contribution in [3.05, 3.63) is 12.1 Å². The first-order valence-corrected chi connectivity index (χ1v) is 6.02. The fraction of sp³-hybridized carbons (Fsp3) is 0.750. The van der Waals surface area contributed by atoms with E-state index in [2.05, 4.69) is 8.37 Å². The van der Waals surface area contributed by atoms with Gasteiger partial charge >= 0.3 is 22.5 Å². The minimum atomic E-state index is -4.73. The molecule has 0 fully saturated rings. The second kappa shape index (κ2) is 7.50. The lowest BCUT2D eigenvalue weighted by Crippen LogP contribution is -2.10. The number of hydrogen-bond acceptors (Lipinski definition) is 4. The number of unbranched alkanes of at least 4 members (excludes halogenated alkanes) is 3. The summed E-state index contributed by atoms with van der Waals surface area (Å²) in [6.45, 7) is 1.74. The van der Waals surface area contributed by atoms with Gasteiger partial charge in [0.2, 0.25) is 0 Å². The Bertz CT molecular complexity index is 322. The van der Waals surface area contributed by atoms with Gasteiger partial charge in [-0.05, 0) is 6.42 Å². The Balaban J connectivity index is 3.94. The maximum atomic E-state index is 12.1. The van der Waals surface area contributed by atoms with Crippen molar-refractivity contribution in [3.63, 3.8) is 0 Å².